The number of ether oxygens (including phenoxy) is 1. The van der Waals surface area contributed by atoms with Crippen molar-refractivity contribution in [1.82, 2.24) is 9.97 Å². The number of carbonyl (C=O) groups is 1. The van der Waals surface area contributed by atoms with Gasteiger partial charge in [-0.25, -0.2) is 4.98 Å². The maximum Gasteiger partial charge on any atom is 0.256 e. The Labute approximate surface area is 199 Å². The second-order valence-corrected chi connectivity index (χ2v) is 8.79. The molecule has 8 heteroatoms. The first-order chi connectivity index (χ1) is 16.1. The Kier molecular flexibility index (Phi) is 6.13. The minimum absolute atomic E-state index is 0.212. The fourth-order valence-corrected chi connectivity index (χ4v) is 4.24. The molecular formula is C25H23BrN4O3. The first kappa shape index (κ1) is 21.6. The van der Waals surface area contributed by atoms with Gasteiger partial charge in [0, 0.05) is 40.1 Å². The number of benzene rings is 3. The number of nitrogens with one attached hydrogen (secondary N) is 2. The van der Waals surface area contributed by atoms with Crippen LogP contribution in [0.25, 0.3) is 22.4 Å². The molecule has 0 radical (unpaired) electrons. The van der Waals surface area contributed by atoms with Crippen molar-refractivity contribution in [2.75, 3.05) is 36.5 Å². The number of halogens is 1. The van der Waals surface area contributed by atoms with Crippen molar-refractivity contribution in [1.29, 1.82) is 0 Å². The van der Waals surface area contributed by atoms with Gasteiger partial charge in [-0.3, -0.25) is 4.79 Å². The predicted molar refractivity (Wildman–Crippen MR) is 133 cm³/mol. The summed E-state index contributed by atoms with van der Waals surface area (Å²) in [7, 11) is 0. The van der Waals surface area contributed by atoms with Crippen molar-refractivity contribution < 1.29 is 14.6 Å². The third-order valence-electron chi connectivity index (χ3n) is 5.74. The van der Waals surface area contributed by atoms with Crippen LogP contribution in [0.2, 0.25) is 0 Å². The normalized spacial score (nSPS) is 13.9. The van der Waals surface area contributed by atoms with Crippen molar-refractivity contribution in [3.63, 3.8) is 0 Å². The van der Waals surface area contributed by atoms with E-state index in [1.807, 2.05) is 54.6 Å². The van der Waals surface area contributed by atoms with Crippen LogP contribution in [0.3, 0.4) is 0 Å². The summed E-state index contributed by atoms with van der Waals surface area (Å²) in [6, 6.07) is 19.1. The summed E-state index contributed by atoms with van der Waals surface area (Å²) in [4.78, 5) is 23.2. The largest absolute Gasteiger partial charge is 0.392 e. The van der Waals surface area contributed by atoms with Gasteiger partial charge in [0.1, 0.15) is 5.82 Å². The number of H-pyrrole nitrogens is 1. The van der Waals surface area contributed by atoms with Gasteiger partial charge in [-0.2, -0.15) is 0 Å². The van der Waals surface area contributed by atoms with Gasteiger partial charge in [-0.15, -0.1) is 0 Å². The number of anilines is 2. The highest BCUT2D eigenvalue weighted by Gasteiger charge is 2.17. The Morgan fingerprint density at radius 2 is 1.88 bits per heavy atom. The molecule has 3 N–H and O–H groups in total. The lowest BCUT2D eigenvalue weighted by molar-refractivity contribution is 0.102. The number of morpholine rings is 1. The predicted octanol–water partition coefficient (Wildman–Crippen LogP) is 4.57. The molecule has 4 aromatic rings. The summed E-state index contributed by atoms with van der Waals surface area (Å²) < 4.78 is 6.41. The Balaban J connectivity index is 1.36. The molecule has 33 heavy (non-hydrogen) atoms. The maximum absolute atomic E-state index is 13.0. The van der Waals surface area contributed by atoms with Crippen molar-refractivity contribution in [2.45, 2.75) is 6.61 Å². The second kappa shape index (κ2) is 9.35. The number of carbonyl (C=O) groups excluding carboxylic acids is 1. The zero-order chi connectivity index (χ0) is 22.8. The van der Waals surface area contributed by atoms with Crippen LogP contribution in [-0.4, -0.2) is 47.3 Å². The summed E-state index contributed by atoms with van der Waals surface area (Å²) in [5.41, 5.74) is 5.29. The lowest BCUT2D eigenvalue weighted by Crippen LogP contribution is -2.36. The molecule has 0 bridgehead atoms. The van der Waals surface area contributed by atoms with E-state index in [9.17, 15) is 9.90 Å². The summed E-state index contributed by atoms with van der Waals surface area (Å²) in [6.07, 6.45) is 0. The maximum atomic E-state index is 13.0. The number of hydrogen-bond donors (Lipinski definition) is 3. The van der Waals surface area contributed by atoms with Crippen molar-refractivity contribution in [2.24, 2.45) is 0 Å². The van der Waals surface area contributed by atoms with Gasteiger partial charge < -0.3 is 25.0 Å². The number of nitrogens with zero attached hydrogens (tertiary/aromatic N) is 2. The third-order valence-corrected chi connectivity index (χ3v) is 6.27. The quantitative estimate of drug-likeness (QED) is 0.368. The number of aromatic nitrogens is 2. The number of aliphatic hydroxyl groups is 1. The molecule has 2 heterocycles. The van der Waals surface area contributed by atoms with Gasteiger partial charge in [0.15, 0.2) is 0 Å². The zero-order valence-electron chi connectivity index (χ0n) is 17.8. The number of aromatic amines is 1. The number of imidazole rings is 1. The lowest BCUT2D eigenvalue weighted by atomic mass is 10.1. The second-order valence-electron chi connectivity index (χ2n) is 7.88. The first-order valence-corrected chi connectivity index (χ1v) is 11.5. The first-order valence-electron chi connectivity index (χ1n) is 10.7. The Bertz CT molecular complexity index is 1300. The van der Waals surface area contributed by atoms with Crippen LogP contribution in [0.5, 0.6) is 0 Å². The molecule has 3 aromatic carbocycles. The molecule has 1 aliphatic heterocycles. The summed E-state index contributed by atoms with van der Waals surface area (Å²) in [5.74, 6) is 0.498. The van der Waals surface area contributed by atoms with E-state index in [2.05, 4.69) is 36.1 Å². The van der Waals surface area contributed by atoms with E-state index in [4.69, 9.17) is 4.74 Å². The smallest absolute Gasteiger partial charge is 0.256 e. The van der Waals surface area contributed by atoms with Gasteiger partial charge in [0.2, 0.25) is 0 Å². The lowest BCUT2D eigenvalue weighted by Gasteiger charge is -2.29. The molecular weight excluding hydrogens is 484 g/mol. The van der Waals surface area contributed by atoms with E-state index < -0.39 is 0 Å². The average molecular weight is 507 g/mol. The van der Waals surface area contributed by atoms with Crippen molar-refractivity contribution in [3.05, 3.63) is 76.3 Å². The minimum atomic E-state index is -0.268. The molecule has 0 unspecified atom stereocenters. The number of hydrogen-bond acceptors (Lipinski definition) is 5. The third kappa shape index (κ3) is 4.64. The molecule has 7 nitrogen and oxygen atoms in total. The molecule has 1 aliphatic rings. The molecule has 0 aliphatic carbocycles. The monoisotopic (exact) mass is 506 g/mol. The van der Waals surface area contributed by atoms with E-state index in [-0.39, 0.29) is 12.5 Å². The molecule has 0 spiro atoms. The number of aliphatic hydroxyl groups excluding tert-OH is 1. The van der Waals surface area contributed by atoms with E-state index >= 15 is 0 Å². The number of fused-ring (bicyclic) bond motifs is 1. The molecule has 1 saturated heterocycles. The van der Waals surface area contributed by atoms with Gasteiger partial charge in [0.25, 0.3) is 5.91 Å². The Morgan fingerprint density at radius 1 is 1.09 bits per heavy atom. The van der Waals surface area contributed by atoms with Crippen LogP contribution in [0.15, 0.2) is 65.1 Å². The molecule has 1 amide bonds. The molecule has 0 saturated carbocycles. The van der Waals surface area contributed by atoms with Crippen LogP contribution in [0.4, 0.5) is 11.4 Å². The number of rotatable bonds is 5. The highest BCUT2D eigenvalue weighted by atomic mass is 79.9. The van der Waals surface area contributed by atoms with Gasteiger partial charge in [-0.05, 0) is 54.1 Å². The van der Waals surface area contributed by atoms with Crippen LogP contribution < -0.4 is 10.2 Å². The zero-order valence-corrected chi connectivity index (χ0v) is 19.4. The van der Waals surface area contributed by atoms with Crippen LogP contribution in [0, 0.1) is 0 Å². The fraction of sp³-hybridized carbons (Fsp3) is 0.200. The highest BCUT2D eigenvalue weighted by molar-refractivity contribution is 9.10. The van der Waals surface area contributed by atoms with E-state index in [1.54, 1.807) is 6.07 Å². The highest BCUT2D eigenvalue weighted by Crippen LogP contribution is 2.26. The SMILES string of the molecule is O=C(Nc1ccc2[nH]c(-c3ccc(Br)cc3)nc2c1)c1ccc(N2CCOCC2)cc1CO. The molecule has 0 atom stereocenters. The van der Waals surface area contributed by atoms with Crippen LogP contribution in [0.1, 0.15) is 15.9 Å². The fourth-order valence-electron chi connectivity index (χ4n) is 3.98. The molecule has 1 fully saturated rings. The average Bonchev–Trinajstić information content (AvgIpc) is 3.28. The Hall–Kier alpha value is -3.20. The molecule has 5 rings (SSSR count). The topological polar surface area (TPSA) is 90.5 Å². The molecule has 168 valence electrons. The number of amides is 1. The van der Waals surface area contributed by atoms with Crippen molar-refractivity contribution >= 4 is 44.2 Å². The summed E-state index contributed by atoms with van der Waals surface area (Å²) >= 11 is 3.44. The Morgan fingerprint density at radius 3 is 2.64 bits per heavy atom. The van der Waals surface area contributed by atoms with E-state index in [0.29, 0.717) is 30.0 Å². The summed E-state index contributed by atoms with van der Waals surface area (Å²) in [6.45, 7) is 2.73. The molecule has 1 aromatic heterocycles. The van der Waals surface area contributed by atoms with Crippen LogP contribution in [-0.2, 0) is 11.3 Å². The van der Waals surface area contributed by atoms with Gasteiger partial charge in [0.05, 0.1) is 30.9 Å². The van der Waals surface area contributed by atoms with E-state index in [1.165, 1.54) is 0 Å². The van der Waals surface area contributed by atoms with Crippen LogP contribution >= 0.6 is 15.9 Å². The van der Waals surface area contributed by atoms with E-state index in [0.717, 1.165) is 45.7 Å². The summed E-state index contributed by atoms with van der Waals surface area (Å²) in [5, 5.41) is 12.8. The van der Waals surface area contributed by atoms with Gasteiger partial charge >= 0.3 is 0 Å². The standard InChI is InChI=1S/C25H23BrN4O3/c26-18-3-1-16(2-4-18)24-28-22-8-5-19(14-23(22)29-24)27-25(32)21-7-6-20(13-17(21)15-31)30-9-11-33-12-10-30/h1-8,13-14,31H,9-12,15H2,(H,27,32)(H,28,29). The minimum Gasteiger partial charge on any atom is -0.392 e. The van der Waals surface area contributed by atoms with Crippen molar-refractivity contribution in [3.8, 4) is 11.4 Å². The van der Waals surface area contributed by atoms with Gasteiger partial charge in [-0.1, -0.05) is 28.1 Å².